The van der Waals surface area contributed by atoms with Gasteiger partial charge in [0.25, 0.3) is 0 Å². The van der Waals surface area contributed by atoms with Crippen molar-refractivity contribution in [1.29, 1.82) is 0 Å². The van der Waals surface area contributed by atoms with Gasteiger partial charge in [-0.05, 0) is 19.4 Å². The molecule has 0 aliphatic heterocycles. The third-order valence-corrected chi connectivity index (χ3v) is 3.15. The summed E-state index contributed by atoms with van der Waals surface area (Å²) in [6.45, 7) is 3.47. The van der Waals surface area contributed by atoms with Gasteiger partial charge >= 0.3 is 0 Å². The van der Waals surface area contributed by atoms with Crippen LogP contribution >= 0.6 is 12.2 Å². The van der Waals surface area contributed by atoms with E-state index >= 15 is 0 Å². The molecule has 0 atom stereocenters. The summed E-state index contributed by atoms with van der Waals surface area (Å²) in [7, 11) is 0. The molecule has 21 heavy (non-hydrogen) atoms. The van der Waals surface area contributed by atoms with E-state index in [1.807, 2.05) is 0 Å². The van der Waals surface area contributed by atoms with E-state index in [9.17, 15) is 13.2 Å². The van der Waals surface area contributed by atoms with E-state index < -0.39 is 17.5 Å². The van der Waals surface area contributed by atoms with Gasteiger partial charge in [0.1, 0.15) is 4.99 Å². The van der Waals surface area contributed by atoms with E-state index in [1.54, 1.807) is 13.8 Å². The third kappa shape index (κ3) is 2.94. The maximum absolute atomic E-state index is 13.2. The first-order valence-corrected chi connectivity index (χ1v) is 6.27. The van der Waals surface area contributed by atoms with Crippen molar-refractivity contribution in [3.63, 3.8) is 0 Å². The first-order valence-electron chi connectivity index (χ1n) is 5.86. The standard InChI is InChI=1S/C13H11F3N4S/c1-5-6(2)19-20-13(10(5)12(17)21)18-7-3-8(14)11(16)9(15)4-7/h3-4H,1-2H3,(H2,17,21)(H,18,20). The van der Waals surface area contributed by atoms with Gasteiger partial charge in [-0.1, -0.05) is 12.2 Å². The zero-order chi connectivity index (χ0) is 15.7. The summed E-state index contributed by atoms with van der Waals surface area (Å²) in [5, 5.41) is 10.4. The van der Waals surface area contributed by atoms with Crippen molar-refractivity contribution in [3.8, 4) is 0 Å². The lowest BCUT2D eigenvalue weighted by Crippen LogP contribution is -2.17. The van der Waals surface area contributed by atoms with E-state index in [2.05, 4.69) is 15.5 Å². The topological polar surface area (TPSA) is 63.8 Å². The van der Waals surface area contributed by atoms with Crippen LogP contribution in [0.25, 0.3) is 0 Å². The van der Waals surface area contributed by atoms with Crippen LogP contribution in [0.2, 0.25) is 0 Å². The zero-order valence-electron chi connectivity index (χ0n) is 11.2. The zero-order valence-corrected chi connectivity index (χ0v) is 12.0. The van der Waals surface area contributed by atoms with E-state index in [0.29, 0.717) is 16.8 Å². The Labute approximate surface area is 124 Å². The number of hydrogen-bond acceptors (Lipinski definition) is 4. The van der Waals surface area contributed by atoms with E-state index in [-0.39, 0.29) is 16.5 Å². The smallest absolute Gasteiger partial charge is 0.194 e. The maximum atomic E-state index is 13.2. The predicted molar refractivity (Wildman–Crippen MR) is 77.0 cm³/mol. The average Bonchev–Trinajstić information content (AvgIpc) is 2.40. The van der Waals surface area contributed by atoms with Crippen molar-refractivity contribution in [2.24, 2.45) is 5.73 Å². The van der Waals surface area contributed by atoms with Crippen LogP contribution in [-0.4, -0.2) is 15.2 Å². The fourth-order valence-electron chi connectivity index (χ4n) is 1.76. The third-order valence-electron chi connectivity index (χ3n) is 2.95. The molecule has 0 saturated heterocycles. The summed E-state index contributed by atoms with van der Waals surface area (Å²) in [4.78, 5) is 0.0658. The number of thiocarbonyl (C=S) groups is 1. The summed E-state index contributed by atoms with van der Waals surface area (Å²) >= 11 is 4.95. The highest BCUT2D eigenvalue weighted by molar-refractivity contribution is 7.80. The molecule has 0 saturated carbocycles. The number of hydrogen-bond donors (Lipinski definition) is 2. The lowest BCUT2D eigenvalue weighted by Gasteiger charge is -2.13. The van der Waals surface area contributed by atoms with Gasteiger partial charge in [0, 0.05) is 17.8 Å². The molecule has 1 heterocycles. The van der Waals surface area contributed by atoms with Crippen molar-refractivity contribution in [2.45, 2.75) is 13.8 Å². The van der Waals surface area contributed by atoms with Gasteiger partial charge in [-0.2, -0.15) is 5.10 Å². The molecule has 0 aliphatic rings. The van der Waals surface area contributed by atoms with Crippen molar-refractivity contribution in [2.75, 3.05) is 5.32 Å². The molecule has 0 fully saturated rings. The SMILES string of the molecule is Cc1nnc(Nc2cc(F)c(F)c(F)c2)c(C(N)=S)c1C. The Morgan fingerprint density at radius 3 is 2.24 bits per heavy atom. The Kier molecular flexibility index (Phi) is 4.08. The molecule has 0 bridgehead atoms. The molecule has 110 valence electrons. The lowest BCUT2D eigenvalue weighted by molar-refractivity contribution is 0.448. The van der Waals surface area contributed by atoms with Gasteiger partial charge in [0.15, 0.2) is 23.3 Å². The van der Waals surface area contributed by atoms with Crippen LogP contribution in [0.1, 0.15) is 16.8 Å². The highest BCUT2D eigenvalue weighted by atomic mass is 32.1. The molecule has 0 aliphatic carbocycles. The van der Waals surface area contributed by atoms with Crippen LogP contribution in [0, 0.1) is 31.3 Å². The van der Waals surface area contributed by atoms with Crippen molar-refractivity contribution >= 4 is 28.7 Å². The van der Waals surface area contributed by atoms with Crippen molar-refractivity contribution in [3.05, 3.63) is 46.4 Å². The summed E-state index contributed by atoms with van der Waals surface area (Å²) in [5.74, 6) is -4.02. The minimum absolute atomic E-state index is 0.0264. The summed E-state index contributed by atoms with van der Waals surface area (Å²) < 4.78 is 39.3. The molecule has 1 aromatic carbocycles. The monoisotopic (exact) mass is 312 g/mol. The Morgan fingerprint density at radius 2 is 1.71 bits per heavy atom. The summed E-state index contributed by atoms with van der Waals surface area (Å²) in [6, 6.07) is 1.61. The molecule has 0 amide bonds. The van der Waals surface area contributed by atoms with E-state index in [0.717, 1.165) is 12.1 Å². The Balaban J connectivity index is 2.50. The van der Waals surface area contributed by atoms with Crippen LogP contribution in [0.3, 0.4) is 0 Å². The van der Waals surface area contributed by atoms with Gasteiger partial charge in [0.2, 0.25) is 0 Å². The number of aromatic nitrogens is 2. The Bertz CT molecular complexity index is 711. The lowest BCUT2D eigenvalue weighted by atomic mass is 10.1. The second-order valence-electron chi connectivity index (χ2n) is 4.38. The Morgan fingerprint density at radius 1 is 1.14 bits per heavy atom. The molecule has 1 aromatic heterocycles. The molecule has 3 N–H and O–H groups in total. The second-order valence-corrected chi connectivity index (χ2v) is 4.82. The molecular weight excluding hydrogens is 301 g/mol. The first kappa shape index (κ1) is 15.2. The highest BCUT2D eigenvalue weighted by Gasteiger charge is 2.16. The van der Waals surface area contributed by atoms with Crippen molar-refractivity contribution in [1.82, 2.24) is 10.2 Å². The molecule has 2 rings (SSSR count). The number of rotatable bonds is 3. The van der Waals surface area contributed by atoms with Crippen LogP contribution in [0.5, 0.6) is 0 Å². The number of anilines is 2. The van der Waals surface area contributed by atoms with Gasteiger partial charge in [-0.3, -0.25) is 0 Å². The highest BCUT2D eigenvalue weighted by Crippen LogP contribution is 2.24. The number of nitrogens with zero attached hydrogens (tertiary/aromatic N) is 2. The fourth-order valence-corrected chi connectivity index (χ4v) is 2.01. The van der Waals surface area contributed by atoms with Gasteiger partial charge in [0.05, 0.1) is 11.3 Å². The predicted octanol–water partition coefficient (Wildman–Crippen LogP) is 2.89. The minimum atomic E-state index is -1.54. The van der Waals surface area contributed by atoms with Gasteiger partial charge in [-0.15, -0.1) is 5.10 Å². The fraction of sp³-hybridized carbons (Fsp3) is 0.154. The van der Waals surface area contributed by atoms with Crippen LogP contribution < -0.4 is 11.1 Å². The number of aryl methyl sites for hydroxylation is 1. The molecular formula is C13H11F3N4S. The molecule has 2 aromatic rings. The first-order chi connectivity index (χ1) is 9.81. The second kappa shape index (κ2) is 5.65. The van der Waals surface area contributed by atoms with Crippen LogP contribution in [-0.2, 0) is 0 Å². The number of benzene rings is 1. The molecule has 0 unspecified atom stereocenters. The number of nitrogens with one attached hydrogen (secondary N) is 1. The Hall–Kier alpha value is -2.22. The van der Waals surface area contributed by atoms with E-state index in [4.69, 9.17) is 18.0 Å². The summed E-state index contributed by atoms with van der Waals surface area (Å²) in [6.07, 6.45) is 0. The number of nitrogens with two attached hydrogens (primary N) is 1. The van der Waals surface area contributed by atoms with Gasteiger partial charge in [-0.25, -0.2) is 13.2 Å². The molecule has 4 nitrogen and oxygen atoms in total. The molecule has 0 radical (unpaired) electrons. The van der Waals surface area contributed by atoms with Crippen LogP contribution in [0.4, 0.5) is 24.7 Å². The normalized spacial score (nSPS) is 10.5. The average molecular weight is 312 g/mol. The molecule has 8 heteroatoms. The summed E-state index contributed by atoms with van der Waals surface area (Å²) in [5.41, 5.74) is 7.35. The van der Waals surface area contributed by atoms with Crippen molar-refractivity contribution < 1.29 is 13.2 Å². The minimum Gasteiger partial charge on any atom is -0.389 e. The quantitative estimate of drug-likeness (QED) is 0.674. The van der Waals surface area contributed by atoms with Crippen LogP contribution in [0.15, 0.2) is 12.1 Å². The van der Waals surface area contributed by atoms with Gasteiger partial charge < -0.3 is 11.1 Å². The largest absolute Gasteiger partial charge is 0.389 e. The molecule has 0 spiro atoms. The van der Waals surface area contributed by atoms with E-state index in [1.165, 1.54) is 0 Å². The number of halogens is 3. The maximum Gasteiger partial charge on any atom is 0.194 e.